The van der Waals surface area contributed by atoms with E-state index in [-0.39, 0.29) is 11.1 Å². The molecule has 3 rings (SSSR count). The molecule has 0 N–H and O–H groups in total. The molecule has 0 aliphatic rings. The van der Waals surface area contributed by atoms with Gasteiger partial charge in [0.25, 0.3) is 5.56 Å². The minimum atomic E-state index is -0.519. The van der Waals surface area contributed by atoms with E-state index in [1.54, 1.807) is 23.8 Å². The molecule has 0 aliphatic heterocycles. The van der Waals surface area contributed by atoms with E-state index in [4.69, 9.17) is 9.47 Å². The zero-order chi connectivity index (χ0) is 23.1. The van der Waals surface area contributed by atoms with Crippen molar-refractivity contribution in [2.75, 3.05) is 14.2 Å². The highest BCUT2D eigenvalue weighted by molar-refractivity contribution is 5.89. The van der Waals surface area contributed by atoms with Crippen molar-refractivity contribution in [1.29, 1.82) is 5.26 Å². The second kappa shape index (κ2) is 10.5. The highest BCUT2D eigenvalue weighted by Gasteiger charge is 2.15. The number of nitriles is 1. The number of pyridine rings is 1. The standard InChI is InChI=1S/C26H26N2O4/c1-4-5-9-21-14-20(26(30)32-3)15-25(29)28(21)17-18-11-12-23(24(13-18)31-2)22-10-7-6-8-19(22)16-27/h6-8,10-15H,4-5,9,17H2,1-3H3. The van der Waals surface area contributed by atoms with Crippen LogP contribution < -0.4 is 10.3 Å². The lowest BCUT2D eigenvalue weighted by atomic mass is 9.98. The molecule has 0 atom stereocenters. The van der Waals surface area contributed by atoms with Crippen LogP contribution in [0.5, 0.6) is 5.75 Å². The second-order valence-electron chi connectivity index (χ2n) is 7.45. The number of aryl methyl sites for hydroxylation is 1. The van der Waals surface area contributed by atoms with E-state index in [1.165, 1.54) is 13.2 Å². The summed E-state index contributed by atoms with van der Waals surface area (Å²) >= 11 is 0. The van der Waals surface area contributed by atoms with Crippen LogP contribution in [0.25, 0.3) is 11.1 Å². The number of aromatic nitrogens is 1. The van der Waals surface area contributed by atoms with Crippen molar-refractivity contribution >= 4 is 5.97 Å². The van der Waals surface area contributed by atoms with Crippen molar-refractivity contribution in [2.45, 2.75) is 32.7 Å². The fourth-order valence-corrected chi connectivity index (χ4v) is 3.69. The summed E-state index contributed by atoms with van der Waals surface area (Å²) in [5.41, 5.74) is 3.85. The summed E-state index contributed by atoms with van der Waals surface area (Å²) in [7, 11) is 2.89. The van der Waals surface area contributed by atoms with Gasteiger partial charge in [0.1, 0.15) is 5.75 Å². The number of benzene rings is 2. The maximum Gasteiger partial charge on any atom is 0.338 e. The molecule has 0 saturated heterocycles. The first-order chi connectivity index (χ1) is 15.5. The molecular weight excluding hydrogens is 404 g/mol. The molecule has 3 aromatic rings. The number of hydrogen-bond acceptors (Lipinski definition) is 5. The fourth-order valence-electron chi connectivity index (χ4n) is 3.69. The fraction of sp³-hybridized carbons (Fsp3) is 0.269. The molecular formula is C26H26N2O4. The third-order valence-corrected chi connectivity index (χ3v) is 5.37. The van der Waals surface area contributed by atoms with Crippen molar-refractivity contribution in [1.82, 2.24) is 4.57 Å². The maximum absolute atomic E-state index is 12.9. The monoisotopic (exact) mass is 430 g/mol. The van der Waals surface area contributed by atoms with Crippen molar-refractivity contribution in [3.63, 3.8) is 0 Å². The summed E-state index contributed by atoms with van der Waals surface area (Å²) < 4.78 is 12.1. The van der Waals surface area contributed by atoms with E-state index < -0.39 is 5.97 Å². The van der Waals surface area contributed by atoms with Gasteiger partial charge in [0.15, 0.2) is 0 Å². The van der Waals surface area contributed by atoms with E-state index in [1.807, 2.05) is 36.4 Å². The van der Waals surface area contributed by atoms with E-state index in [9.17, 15) is 14.9 Å². The van der Waals surface area contributed by atoms with Crippen LogP contribution >= 0.6 is 0 Å². The minimum absolute atomic E-state index is 0.253. The molecule has 6 nitrogen and oxygen atoms in total. The van der Waals surface area contributed by atoms with E-state index in [0.29, 0.717) is 24.3 Å². The van der Waals surface area contributed by atoms with Gasteiger partial charge < -0.3 is 14.0 Å². The summed E-state index contributed by atoms with van der Waals surface area (Å²) in [6.07, 6.45) is 2.55. The number of unbranched alkanes of at least 4 members (excludes halogenated alkanes) is 1. The van der Waals surface area contributed by atoms with Crippen LogP contribution in [0.2, 0.25) is 0 Å². The minimum Gasteiger partial charge on any atom is -0.496 e. The van der Waals surface area contributed by atoms with Gasteiger partial charge in [0.2, 0.25) is 0 Å². The highest BCUT2D eigenvalue weighted by atomic mass is 16.5. The Bertz CT molecular complexity index is 1220. The zero-order valence-corrected chi connectivity index (χ0v) is 18.6. The molecule has 164 valence electrons. The van der Waals surface area contributed by atoms with Gasteiger partial charge in [0, 0.05) is 22.9 Å². The Morgan fingerprint density at radius 2 is 1.84 bits per heavy atom. The summed E-state index contributed by atoms with van der Waals surface area (Å²) in [6.45, 7) is 2.42. The van der Waals surface area contributed by atoms with Gasteiger partial charge in [0.05, 0.1) is 38.0 Å². The first kappa shape index (κ1) is 22.8. The molecule has 6 heteroatoms. The Hall–Kier alpha value is -3.85. The molecule has 0 fully saturated rings. The molecule has 32 heavy (non-hydrogen) atoms. The molecule has 0 spiro atoms. The Kier molecular flexibility index (Phi) is 7.45. The SMILES string of the molecule is CCCCc1cc(C(=O)OC)cc(=O)n1Cc1ccc(-c2ccccc2C#N)c(OC)c1. The number of carbonyl (C=O) groups is 1. The Morgan fingerprint density at radius 1 is 1.06 bits per heavy atom. The van der Waals surface area contributed by atoms with Crippen LogP contribution in [0.4, 0.5) is 0 Å². The number of ether oxygens (including phenoxy) is 2. The number of methoxy groups -OCH3 is 2. The predicted octanol–water partition coefficient (Wildman–Crippen LogP) is 4.57. The van der Waals surface area contributed by atoms with Gasteiger partial charge in [-0.3, -0.25) is 4.79 Å². The van der Waals surface area contributed by atoms with Crippen LogP contribution in [0.15, 0.2) is 59.4 Å². The molecule has 0 aliphatic carbocycles. The lowest BCUT2D eigenvalue weighted by molar-refractivity contribution is 0.0600. The Labute approximate surface area is 187 Å². The molecule has 0 amide bonds. The number of rotatable bonds is 8. The van der Waals surface area contributed by atoms with Crippen molar-refractivity contribution < 1.29 is 14.3 Å². The quantitative estimate of drug-likeness (QED) is 0.489. The average molecular weight is 431 g/mol. The summed E-state index contributed by atoms with van der Waals surface area (Å²) in [4.78, 5) is 24.8. The summed E-state index contributed by atoms with van der Waals surface area (Å²) in [5, 5.41) is 9.44. The Morgan fingerprint density at radius 3 is 2.53 bits per heavy atom. The van der Waals surface area contributed by atoms with Crippen molar-refractivity contribution in [2.24, 2.45) is 0 Å². The van der Waals surface area contributed by atoms with Crippen molar-refractivity contribution in [3.8, 4) is 22.9 Å². The van der Waals surface area contributed by atoms with E-state index in [2.05, 4.69) is 13.0 Å². The summed E-state index contributed by atoms with van der Waals surface area (Å²) in [6, 6.07) is 18.3. The zero-order valence-electron chi connectivity index (χ0n) is 18.6. The van der Waals surface area contributed by atoms with Crippen molar-refractivity contribution in [3.05, 3.63) is 87.3 Å². The normalized spacial score (nSPS) is 10.4. The van der Waals surface area contributed by atoms with E-state index >= 15 is 0 Å². The molecule has 0 saturated carbocycles. The molecule has 0 radical (unpaired) electrons. The highest BCUT2D eigenvalue weighted by Crippen LogP contribution is 2.33. The lowest BCUT2D eigenvalue weighted by Gasteiger charge is -2.16. The smallest absolute Gasteiger partial charge is 0.338 e. The first-order valence-corrected chi connectivity index (χ1v) is 10.5. The van der Waals surface area contributed by atoms with Gasteiger partial charge in [-0.05, 0) is 36.6 Å². The number of esters is 1. The van der Waals surface area contributed by atoms with Gasteiger partial charge in [-0.2, -0.15) is 5.26 Å². The van der Waals surface area contributed by atoms with Gasteiger partial charge in [-0.1, -0.05) is 43.7 Å². The predicted molar refractivity (Wildman–Crippen MR) is 123 cm³/mol. The molecule has 2 aromatic carbocycles. The topological polar surface area (TPSA) is 81.3 Å². The molecule has 1 heterocycles. The van der Waals surface area contributed by atoms with Gasteiger partial charge in [-0.25, -0.2) is 4.79 Å². The third kappa shape index (κ3) is 4.89. The van der Waals surface area contributed by atoms with Crippen LogP contribution in [-0.4, -0.2) is 24.8 Å². The molecule has 1 aromatic heterocycles. The van der Waals surface area contributed by atoms with Crippen LogP contribution in [0.1, 0.15) is 46.9 Å². The first-order valence-electron chi connectivity index (χ1n) is 10.5. The number of hydrogen-bond donors (Lipinski definition) is 0. The van der Waals surface area contributed by atoms with Gasteiger partial charge in [-0.15, -0.1) is 0 Å². The molecule has 0 bridgehead atoms. The van der Waals surface area contributed by atoms with E-state index in [0.717, 1.165) is 35.2 Å². The van der Waals surface area contributed by atoms with Gasteiger partial charge >= 0.3 is 5.97 Å². The third-order valence-electron chi connectivity index (χ3n) is 5.37. The van der Waals surface area contributed by atoms with Crippen LogP contribution in [0.3, 0.4) is 0 Å². The molecule has 0 unspecified atom stereocenters. The maximum atomic E-state index is 12.9. The largest absolute Gasteiger partial charge is 0.496 e. The Balaban J connectivity index is 2.02. The average Bonchev–Trinajstić information content (AvgIpc) is 2.83. The second-order valence-corrected chi connectivity index (χ2v) is 7.45. The van der Waals surface area contributed by atoms with Crippen LogP contribution in [0, 0.1) is 11.3 Å². The summed E-state index contributed by atoms with van der Waals surface area (Å²) in [5.74, 6) is 0.105. The number of nitrogens with zero attached hydrogens (tertiary/aromatic N) is 2. The lowest BCUT2D eigenvalue weighted by Crippen LogP contribution is -2.25. The number of carbonyl (C=O) groups excluding carboxylic acids is 1. The van der Waals surface area contributed by atoms with Crippen LogP contribution in [-0.2, 0) is 17.7 Å².